The summed E-state index contributed by atoms with van der Waals surface area (Å²) < 4.78 is 0. The lowest BCUT2D eigenvalue weighted by atomic mass is 9.87. The molecule has 0 saturated heterocycles. The van der Waals surface area contributed by atoms with Gasteiger partial charge in [0.25, 0.3) is 0 Å². The van der Waals surface area contributed by atoms with Crippen molar-refractivity contribution in [2.45, 2.75) is 0 Å². The molecular formula is C53H31N3. The van der Waals surface area contributed by atoms with Crippen LogP contribution in [0.1, 0.15) is 0 Å². The van der Waals surface area contributed by atoms with Gasteiger partial charge in [-0.2, -0.15) is 0 Å². The van der Waals surface area contributed by atoms with Gasteiger partial charge in [0.15, 0.2) is 17.5 Å². The molecule has 56 heavy (non-hydrogen) atoms. The topological polar surface area (TPSA) is 38.7 Å². The van der Waals surface area contributed by atoms with Gasteiger partial charge >= 0.3 is 0 Å². The van der Waals surface area contributed by atoms with Crippen LogP contribution >= 0.6 is 0 Å². The Hall–Kier alpha value is -7.49. The molecule has 11 aromatic carbocycles. The number of fused-ring (bicyclic) bond motifs is 3. The molecule has 1 aromatic heterocycles. The number of aromatic nitrogens is 3. The normalized spacial score (nSPS) is 11.9. The van der Waals surface area contributed by atoms with Gasteiger partial charge in [0.05, 0.1) is 0 Å². The second-order valence-electron chi connectivity index (χ2n) is 14.7. The third-order valence-corrected chi connectivity index (χ3v) is 11.6. The minimum absolute atomic E-state index is 0.640. The molecule has 0 radical (unpaired) electrons. The maximum absolute atomic E-state index is 5.35. The summed E-state index contributed by atoms with van der Waals surface area (Å²) >= 11 is 0. The van der Waals surface area contributed by atoms with Crippen LogP contribution in [-0.4, -0.2) is 15.0 Å². The molecule has 0 bridgehead atoms. The highest BCUT2D eigenvalue weighted by molar-refractivity contribution is 6.37. The second kappa shape index (κ2) is 12.0. The largest absolute Gasteiger partial charge is 0.208 e. The first-order valence-corrected chi connectivity index (χ1v) is 19.1. The lowest BCUT2D eigenvalue weighted by Crippen LogP contribution is -2.01. The fourth-order valence-electron chi connectivity index (χ4n) is 9.04. The molecule has 0 saturated carbocycles. The van der Waals surface area contributed by atoms with Crippen LogP contribution in [0.2, 0.25) is 0 Å². The highest BCUT2D eigenvalue weighted by atomic mass is 15.0. The van der Waals surface area contributed by atoms with Gasteiger partial charge in [0.1, 0.15) is 0 Å². The highest BCUT2D eigenvalue weighted by Crippen LogP contribution is 2.44. The van der Waals surface area contributed by atoms with Gasteiger partial charge in [0, 0.05) is 16.7 Å². The van der Waals surface area contributed by atoms with Gasteiger partial charge in [-0.3, -0.25) is 0 Å². The Labute approximate surface area is 322 Å². The molecule has 12 rings (SSSR count). The van der Waals surface area contributed by atoms with Crippen LogP contribution in [-0.2, 0) is 0 Å². The first kappa shape index (κ1) is 30.9. The molecule has 1 heterocycles. The van der Waals surface area contributed by atoms with E-state index in [1.165, 1.54) is 70.0 Å². The van der Waals surface area contributed by atoms with Crippen molar-refractivity contribution in [3.05, 3.63) is 188 Å². The van der Waals surface area contributed by atoms with E-state index in [9.17, 15) is 0 Å². The van der Waals surface area contributed by atoms with E-state index in [1.54, 1.807) is 0 Å². The monoisotopic (exact) mass is 709 g/mol. The highest BCUT2D eigenvalue weighted by Gasteiger charge is 2.19. The molecule has 0 fully saturated rings. The van der Waals surface area contributed by atoms with E-state index in [-0.39, 0.29) is 0 Å². The number of hydrogen-bond acceptors (Lipinski definition) is 3. The molecule has 12 aromatic rings. The van der Waals surface area contributed by atoms with E-state index < -0.39 is 0 Å². The number of rotatable bonds is 4. The molecule has 3 nitrogen and oxygen atoms in total. The van der Waals surface area contributed by atoms with E-state index in [0.29, 0.717) is 17.5 Å². The summed E-state index contributed by atoms with van der Waals surface area (Å²) in [5.41, 5.74) is 5.05. The maximum Gasteiger partial charge on any atom is 0.164 e. The number of hydrogen-bond donors (Lipinski definition) is 0. The fourth-order valence-corrected chi connectivity index (χ4v) is 9.04. The Morgan fingerprint density at radius 1 is 0.232 bits per heavy atom. The van der Waals surface area contributed by atoms with Crippen molar-refractivity contribution in [1.29, 1.82) is 0 Å². The predicted molar refractivity (Wildman–Crippen MR) is 235 cm³/mol. The average Bonchev–Trinajstić information content (AvgIpc) is 3.27. The van der Waals surface area contributed by atoms with Crippen molar-refractivity contribution in [3.8, 4) is 45.3 Å². The summed E-state index contributed by atoms with van der Waals surface area (Å²) in [4.78, 5) is 15.8. The first-order chi connectivity index (χ1) is 27.7. The van der Waals surface area contributed by atoms with Crippen LogP contribution < -0.4 is 0 Å². The molecule has 0 aliphatic carbocycles. The van der Waals surface area contributed by atoms with E-state index in [4.69, 9.17) is 15.0 Å². The molecule has 0 aliphatic heterocycles. The van der Waals surface area contributed by atoms with Gasteiger partial charge < -0.3 is 0 Å². The summed E-state index contributed by atoms with van der Waals surface area (Å²) in [6, 6.07) is 67.6. The maximum atomic E-state index is 5.35. The zero-order chi connectivity index (χ0) is 36.7. The zero-order valence-electron chi connectivity index (χ0n) is 30.2. The standard InChI is InChI=1S/C53H31N3/c1-2-12-36(13-3-1)51-54-52(56-53(55-51)45-19-7-6-18-41(45)38-27-23-32-11-4-5-14-37(32)29-38)40-30-39-28-26-35-16-9-21-43-42-20-8-15-33-24-25-34-17-10-22-44(49(34)47(33)42)46(31-40)50(39)48(35)43/h1-31H. The summed E-state index contributed by atoms with van der Waals surface area (Å²) in [5, 5.41) is 17.3. The molecule has 0 aliphatic rings. The molecular weight excluding hydrogens is 679 g/mol. The Kier molecular flexibility index (Phi) is 6.63. The van der Waals surface area contributed by atoms with Crippen LogP contribution in [0, 0.1) is 0 Å². The summed E-state index contributed by atoms with van der Waals surface area (Å²) in [6.07, 6.45) is 0. The Bertz CT molecular complexity index is 3530. The van der Waals surface area contributed by atoms with E-state index in [1.807, 2.05) is 18.2 Å². The van der Waals surface area contributed by atoms with Crippen molar-refractivity contribution >= 4 is 75.4 Å². The minimum atomic E-state index is 0.640. The van der Waals surface area contributed by atoms with Crippen molar-refractivity contribution < 1.29 is 0 Å². The molecule has 0 unspecified atom stereocenters. The Morgan fingerprint density at radius 3 is 1.38 bits per heavy atom. The second-order valence-corrected chi connectivity index (χ2v) is 14.7. The van der Waals surface area contributed by atoms with Crippen LogP contribution in [0.25, 0.3) is 121 Å². The van der Waals surface area contributed by atoms with E-state index in [2.05, 4.69) is 170 Å². The van der Waals surface area contributed by atoms with Gasteiger partial charge in [0.2, 0.25) is 0 Å². The van der Waals surface area contributed by atoms with E-state index >= 15 is 0 Å². The lowest BCUT2D eigenvalue weighted by molar-refractivity contribution is 1.08. The fraction of sp³-hybridized carbons (Fsp3) is 0. The van der Waals surface area contributed by atoms with Gasteiger partial charge in [-0.1, -0.05) is 170 Å². The van der Waals surface area contributed by atoms with Crippen molar-refractivity contribution in [1.82, 2.24) is 15.0 Å². The Morgan fingerprint density at radius 2 is 0.696 bits per heavy atom. The van der Waals surface area contributed by atoms with Crippen molar-refractivity contribution in [2.24, 2.45) is 0 Å². The molecule has 0 atom stereocenters. The van der Waals surface area contributed by atoms with Crippen molar-refractivity contribution in [3.63, 3.8) is 0 Å². The summed E-state index contributed by atoms with van der Waals surface area (Å²) in [7, 11) is 0. The van der Waals surface area contributed by atoms with E-state index in [0.717, 1.165) is 33.2 Å². The molecule has 0 spiro atoms. The smallest absolute Gasteiger partial charge is 0.164 e. The lowest BCUT2D eigenvalue weighted by Gasteiger charge is -2.17. The predicted octanol–water partition coefficient (Wildman–Crippen LogP) is 14.0. The van der Waals surface area contributed by atoms with Gasteiger partial charge in [-0.25, -0.2) is 15.0 Å². The molecule has 3 heteroatoms. The van der Waals surface area contributed by atoms with Crippen molar-refractivity contribution in [2.75, 3.05) is 0 Å². The SMILES string of the molecule is c1ccc(-c2nc(-c3cc4ccc5cccc6c7cccc8ccc9cccc(c(c3)c4c56)c9c87)nc(-c3ccccc3-c3ccc4ccccc4c3)n2)cc1. The first-order valence-electron chi connectivity index (χ1n) is 19.1. The minimum Gasteiger partial charge on any atom is -0.208 e. The van der Waals surface area contributed by atoms with Crippen LogP contribution in [0.4, 0.5) is 0 Å². The summed E-state index contributed by atoms with van der Waals surface area (Å²) in [5.74, 6) is 1.92. The third kappa shape index (κ3) is 4.68. The molecule has 0 amide bonds. The van der Waals surface area contributed by atoms with Crippen LogP contribution in [0.3, 0.4) is 0 Å². The molecule has 0 N–H and O–H groups in total. The number of nitrogens with zero attached hydrogens (tertiary/aromatic N) is 3. The summed E-state index contributed by atoms with van der Waals surface area (Å²) in [6.45, 7) is 0. The Balaban J connectivity index is 1.18. The third-order valence-electron chi connectivity index (χ3n) is 11.6. The zero-order valence-corrected chi connectivity index (χ0v) is 30.2. The average molecular weight is 710 g/mol. The quantitative estimate of drug-likeness (QED) is 0.171. The number of benzene rings is 10. The van der Waals surface area contributed by atoms with Gasteiger partial charge in [-0.15, -0.1) is 0 Å². The van der Waals surface area contributed by atoms with Crippen LogP contribution in [0.15, 0.2) is 188 Å². The molecule has 258 valence electrons. The van der Waals surface area contributed by atoms with Gasteiger partial charge in [-0.05, 0) is 105 Å². The van der Waals surface area contributed by atoms with Crippen LogP contribution in [0.5, 0.6) is 0 Å².